The number of amides is 2. The van der Waals surface area contributed by atoms with Gasteiger partial charge in [-0.05, 0) is 50.2 Å². The molecule has 0 unspecified atom stereocenters. The Balaban J connectivity index is 1.71. The van der Waals surface area contributed by atoms with Crippen LogP contribution in [0.3, 0.4) is 0 Å². The van der Waals surface area contributed by atoms with E-state index in [1.807, 2.05) is 51.0 Å². The fourth-order valence-corrected chi connectivity index (χ4v) is 4.11. The Hall–Kier alpha value is -3.46. The molecule has 178 valence electrons. The second-order valence-electron chi connectivity index (χ2n) is 8.05. The van der Waals surface area contributed by atoms with Gasteiger partial charge in [-0.25, -0.2) is 14.4 Å². The summed E-state index contributed by atoms with van der Waals surface area (Å²) < 4.78 is 14.3. The Morgan fingerprint density at radius 1 is 1.00 bits per heavy atom. The topological polar surface area (TPSA) is 78.4 Å². The third kappa shape index (κ3) is 7.28. The molecule has 7 nitrogen and oxygen atoms in total. The normalized spacial score (nSPS) is 10.6. The van der Waals surface area contributed by atoms with Crippen LogP contribution >= 0.6 is 11.8 Å². The molecule has 3 rings (SSSR count). The highest BCUT2D eigenvalue weighted by Crippen LogP contribution is 2.18. The lowest BCUT2D eigenvalue weighted by molar-refractivity contribution is -0.133. The van der Waals surface area contributed by atoms with Gasteiger partial charge >= 0.3 is 0 Å². The molecule has 0 bridgehead atoms. The molecule has 9 heteroatoms. The molecule has 2 amide bonds. The fourth-order valence-electron chi connectivity index (χ4n) is 3.26. The maximum absolute atomic E-state index is 14.3. The number of hydrogen-bond donors (Lipinski definition) is 1. The van der Waals surface area contributed by atoms with Crippen LogP contribution in [0.25, 0.3) is 0 Å². The van der Waals surface area contributed by atoms with Crippen molar-refractivity contribution in [3.8, 4) is 0 Å². The van der Waals surface area contributed by atoms with Crippen LogP contribution in [0.5, 0.6) is 0 Å². The van der Waals surface area contributed by atoms with Gasteiger partial charge in [0.2, 0.25) is 11.8 Å². The standard InChI is InChI=1S/C25H28FN5O2S/c1-17-13-18(2)28-25(27-17)34-16-24(33)31(14-19-7-5-6-8-22(19)26)15-23(32)29-20-9-11-21(12-10-20)30(3)4/h5-13H,14-16H2,1-4H3,(H,29,32). The van der Waals surface area contributed by atoms with Crippen LogP contribution in [0.4, 0.5) is 15.8 Å². The number of aryl methyl sites for hydroxylation is 2. The average Bonchev–Trinajstić information content (AvgIpc) is 2.78. The average molecular weight is 482 g/mol. The Kier molecular flexibility index (Phi) is 8.59. The first kappa shape index (κ1) is 25.2. The molecular weight excluding hydrogens is 453 g/mol. The van der Waals surface area contributed by atoms with E-state index in [2.05, 4.69) is 15.3 Å². The zero-order valence-electron chi connectivity index (χ0n) is 19.7. The molecule has 0 aliphatic carbocycles. The van der Waals surface area contributed by atoms with E-state index >= 15 is 0 Å². The number of benzene rings is 2. The van der Waals surface area contributed by atoms with Crippen molar-refractivity contribution >= 4 is 35.0 Å². The van der Waals surface area contributed by atoms with E-state index in [4.69, 9.17) is 0 Å². The number of aromatic nitrogens is 2. The number of rotatable bonds is 9. The quantitative estimate of drug-likeness (QED) is 0.367. The first-order valence-corrected chi connectivity index (χ1v) is 11.7. The Bertz CT molecular complexity index is 1130. The number of carbonyl (C=O) groups is 2. The zero-order chi connectivity index (χ0) is 24.7. The summed E-state index contributed by atoms with van der Waals surface area (Å²) in [6.45, 7) is 3.49. The molecule has 1 heterocycles. The second kappa shape index (κ2) is 11.6. The molecule has 0 spiro atoms. The highest BCUT2D eigenvalue weighted by Gasteiger charge is 2.20. The number of nitrogens with one attached hydrogen (secondary N) is 1. The van der Waals surface area contributed by atoms with E-state index in [9.17, 15) is 14.0 Å². The lowest BCUT2D eigenvalue weighted by atomic mass is 10.2. The summed E-state index contributed by atoms with van der Waals surface area (Å²) in [4.78, 5) is 37.8. The molecule has 0 fully saturated rings. The van der Waals surface area contributed by atoms with Crippen molar-refractivity contribution in [1.82, 2.24) is 14.9 Å². The van der Waals surface area contributed by atoms with E-state index in [1.54, 1.807) is 30.3 Å². The number of hydrogen-bond acceptors (Lipinski definition) is 6. The zero-order valence-corrected chi connectivity index (χ0v) is 20.5. The van der Waals surface area contributed by atoms with E-state index in [-0.39, 0.29) is 30.7 Å². The Labute approximate surface area is 203 Å². The smallest absolute Gasteiger partial charge is 0.244 e. The number of carbonyl (C=O) groups excluding carboxylic acids is 2. The largest absolute Gasteiger partial charge is 0.378 e. The SMILES string of the molecule is Cc1cc(C)nc(SCC(=O)N(CC(=O)Nc2ccc(N(C)C)cc2)Cc2ccccc2F)n1. The maximum Gasteiger partial charge on any atom is 0.244 e. The summed E-state index contributed by atoms with van der Waals surface area (Å²) in [6.07, 6.45) is 0. The van der Waals surface area contributed by atoms with Gasteiger partial charge in [0.05, 0.1) is 5.75 Å². The number of halogens is 1. The maximum atomic E-state index is 14.3. The van der Waals surface area contributed by atoms with Crippen molar-refractivity contribution < 1.29 is 14.0 Å². The molecule has 0 aliphatic rings. The van der Waals surface area contributed by atoms with Gasteiger partial charge in [0.1, 0.15) is 12.4 Å². The molecule has 2 aromatic carbocycles. The molecule has 0 radical (unpaired) electrons. The van der Waals surface area contributed by atoms with Gasteiger partial charge in [0.15, 0.2) is 5.16 Å². The highest BCUT2D eigenvalue weighted by atomic mass is 32.2. The fraction of sp³-hybridized carbons (Fsp3) is 0.280. The molecule has 0 saturated carbocycles. The number of thioether (sulfide) groups is 1. The molecule has 1 aromatic heterocycles. The minimum Gasteiger partial charge on any atom is -0.378 e. The summed E-state index contributed by atoms with van der Waals surface area (Å²) in [5.41, 5.74) is 3.58. The van der Waals surface area contributed by atoms with Crippen LogP contribution < -0.4 is 10.2 Å². The second-order valence-corrected chi connectivity index (χ2v) is 9.00. The van der Waals surface area contributed by atoms with Crippen LogP contribution in [-0.2, 0) is 16.1 Å². The molecule has 1 N–H and O–H groups in total. The minimum atomic E-state index is -0.426. The van der Waals surface area contributed by atoms with Crippen LogP contribution in [0.15, 0.2) is 59.8 Å². The van der Waals surface area contributed by atoms with Crippen LogP contribution in [-0.4, -0.2) is 53.1 Å². The van der Waals surface area contributed by atoms with Crippen molar-refractivity contribution in [1.29, 1.82) is 0 Å². The van der Waals surface area contributed by atoms with Crippen molar-refractivity contribution in [3.05, 3.63) is 77.4 Å². The number of anilines is 2. The Morgan fingerprint density at radius 2 is 1.65 bits per heavy atom. The first-order valence-electron chi connectivity index (χ1n) is 10.7. The molecular formula is C25H28FN5O2S. The molecule has 0 aliphatic heterocycles. The summed E-state index contributed by atoms with van der Waals surface area (Å²) in [7, 11) is 3.86. The van der Waals surface area contributed by atoms with E-state index < -0.39 is 5.82 Å². The van der Waals surface area contributed by atoms with Crippen LogP contribution in [0, 0.1) is 19.7 Å². The predicted octanol–water partition coefficient (Wildman–Crippen LogP) is 4.06. The highest BCUT2D eigenvalue weighted by molar-refractivity contribution is 7.99. The van der Waals surface area contributed by atoms with E-state index in [0.29, 0.717) is 16.4 Å². The van der Waals surface area contributed by atoms with Gasteiger partial charge < -0.3 is 15.1 Å². The third-order valence-corrected chi connectivity index (χ3v) is 5.79. The lowest BCUT2D eigenvalue weighted by Crippen LogP contribution is -2.38. The third-order valence-electron chi connectivity index (χ3n) is 4.96. The summed E-state index contributed by atoms with van der Waals surface area (Å²) in [5.74, 6) is -1.07. The first-order chi connectivity index (χ1) is 16.2. The molecule has 34 heavy (non-hydrogen) atoms. The summed E-state index contributed by atoms with van der Waals surface area (Å²) >= 11 is 1.19. The van der Waals surface area contributed by atoms with Crippen LogP contribution in [0.2, 0.25) is 0 Å². The van der Waals surface area contributed by atoms with E-state index in [0.717, 1.165) is 17.1 Å². The lowest BCUT2D eigenvalue weighted by Gasteiger charge is -2.22. The monoisotopic (exact) mass is 481 g/mol. The van der Waals surface area contributed by atoms with Crippen molar-refractivity contribution in [2.24, 2.45) is 0 Å². The van der Waals surface area contributed by atoms with Gasteiger partial charge in [-0.2, -0.15) is 0 Å². The minimum absolute atomic E-state index is 0.0211. The molecule has 3 aromatic rings. The van der Waals surface area contributed by atoms with Gasteiger partial charge in [0.25, 0.3) is 0 Å². The van der Waals surface area contributed by atoms with Crippen LogP contribution in [0.1, 0.15) is 17.0 Å². The van der Waals surface area contributed by atoms with Gasteiger partial charge in [-0.1, -0.05) is 30.0 Å². The van der Waals surface area contributed by atoms with Gasteiger partial charge in [-0.3, -0.25) is 9.59 Å². The summed E-state index contributed by atoms with van der Waals surface area (Å²) in [5, 5.41) is 3.29. The summed E-state index contributed by atoms with van der Waals surface area (Å²) in [6, 6.07) is 15.4. The molecule has 0 atom stereocenters. The van der Waals surface area contributed by atoms with E-state index in [1.165, 1.54) is 22.7 Å². The van der Waals surface area contributed by atoms with Gasteiger partial charge in [-0.15, -0.1) is 0 Å². The number of nitrogens with zero attached hydrogens (tertiary/aromatic N) is 4. The van der Waals surface area contributed by atoms with Crippen molar-refractivity contribution in [2.75, 3.05) is 36.6 Å². The molecule has 0 saturated heterocycles. The van der Waals surface area contributed by atoms with Gasteiger partial charge in [0, 0.05) is 49.0 Å². The van der Waals surface area contributed by atoms with Crippen molar-refractivity contribution in [3.63, 3.8) is 0 Å². The predicted molar refractivity (Wildman–Crippen MR) is 133 cm³/mol. The Morgan fingerprint density at radius 3 is 2.26 bits per heavy atom. The van der Waals surface area contributed by atoms with Crippen molar-refractivity contribution in [2.45, 2.75) is 25.5 Å².